The van der Waals surface area contributed by atoms with Crippen molar-refractivity contribution in [2.75, 3.05) is 51.8 Å². The van der Waals surface area contributed by atoms with Crippen molar-refractivity contribution in [1.29, 1.82) is 0 Å². The summed E-state index contributed by atoms with van der Waals surface area (Å²) in [7, 11) is 3.84. The van der Waals surface area contributed by atoms with Crippen LogP contribution in [0.2, 0.25) is 0 Å². The van der Waals surface area contributed by atoms with Crippen LogP contribution < -0.4 is 9.64 Å². The molecule has 0 bridgehead atoms. The molecule has 28 heavy (non-hydrogen) atoms. The summed E-state index contributed by atoms with van der Waals surface area (Å²) in [6.07, 6.45) is 2.03. The minimum atomic E-state index is 0.121. The van der Waals surface area contributed by atoms with E-state index in [4.69, 9.17) is 4.74 Å². The number of carbonyl (C=O) groups is 1. The first kappa shape index (κ1) is 18.8. The smallest absolute Gasteiger partial charge is 0.254 e. The molecule has 2 aliphatic heterocycles. The molecule has 2 fully saturated rings. The zero-order valence-electron chi connectivity index (χ0n) is 16.8. The molecule has 1 atom stereocenters. The van der Waals surface area contributed by atoms with Crippen molar-refractivity contribution in [3.05, 3.63) is 59.7 Å². The molecular weight excluding hydrogens is 350 g/mol. The molecule has 0 radical (unpaired) electrons. The summed E-state index contributed by atoms with van der Waals surface area (Å²) in [5, 5.41) is 0. The summed E-state index contributed by atoms with van der Waals surface area (Å²) in [5.74, 6) is 0.962. The van der Waals surface area contributed by atoms with E-state index in [1.54, 1.807) is 7.11 Å². The quantitative estimate of drug-likeness (QED) is 0.816. The number of carbonyl (C=O) groups excluding carboxylic acids is 1. The Labute approximate surface area is 167 Å². The van der Waals surface area contributed by atoms with E-state index < -0.39 is 0 Å². The molecule has 2 aromatic carbocycles. The fourth-order valence-corrected chi connectivity index (χ4v) is 4.25. The molecule has 5 nitrogen and oxygen atoms in total. The Hall–Kier alpha value is -2.53. The maximum atomic E-state index is 13.2. The van der Waals surface area contributed by atoms with Gasteiger partial charge in [-0.15, -0.1) is 0 Å². The molecule has 2 saturated heterocycles. The second-order valence-electron chi connectivity index (χ2n) is 7.77. The summed E-state index contributed by atoms with van der Waals surface area (Å²) in [6, 6.07) is 16.4. The molecule has 2 aliphatic rings. The highest BCUT2D eigenvalue weighted by molar-refractivity contribution is 5.95. The minimum absolute atomic E-state index is 0.121. The van der Waals surface area contributed by atoms with Crippen LogP contribution in [0.15, 0.2) is 48.5 Å². The van der Waals surface area contributed by atoms with Crippen LogP contribution in [-0.4, -0.2) is 62.6 Å². The van der Waals surface area contributed by atoms with Crippen molar-refractivity contribution in [3.8, 4) is 5.75 Å². The zero-order valence-corrected chi connectivity index (χ0v) is 16.8. The molecule has 0 saturated carbocycles. The zero-order chi connectivity index (χ0) is 19.5. The number of likely N-dealkylation sites (tertiary alicyclic amines) is 1. The van der Waals surface area contributed by atoms with Crippen LogP contribution >= 0.6 is 0 Å². The highest BCUT2D eigenvalue weighted by Gasteiger charge is 2.30. The fraction of sp³-hybridized carbons (Fsp3) is 0.435. The Morgan fingerprint density at radius 3 is 2.46 bits per heavy atom. The molecule has 0 unspecified atom stereocenters. The molecule has 2 heterocycles. The van der Waals surface area contributed by atoms with Gasteiger partial charge in [0, 0.05) is 44.0 Å². The van der Waals surface area contributed by atoms with Crippen LogP contribution in [0, 0.1) is 0 Å². The van der Waals surface area contributed by atoms with Gasteiger partial charge >= 0.3 is 0 Å². The molecule has 4 rings (SSSR count). The lowest BCUT2D eigenvalue weighted by Gasteiger charge is -2.34. The van der Waals surface area contributed by atoms with E-state index in [9.17, 15) is 4.79 Å². The largest absolute Gasteiger partial charge is 0.497 e. The van der Waals surface area contributed by atoms with Crippen molar-refractivity contribution < 1.29 is 9.53 Å². The molecule has 5 heteroatoms. The summed E-state index contributed by atoms with van der Waals surface area (Å²) < 4.78 is 5.36. The lowest BCUT2D eigenvalue weighted by atomic mass is 10.0. The summed E-state index contributed by atoms with van der Waals surface area (Å²) in [5.41, 5.74) is 3.13. The van der Waals surface area contributed by atoms with E-state index in [-0.39, 0.29) is 11.9 Å². The lowest BCUT2D eigenvalue weighted by Crippen LogP contribution is -2.44. The van der Waals surface area contributed by atoms with Gasteiger partial charge in [-0.3, -0.25) is 4.79 Å². The summed E-state index contributed by atoms with van der Waals surface area (Å²) in [4.78, 5) is 19.9. The average Bonchev–Trinajstić information content (AvgIpc) is 3.24. The number of piperazine rings is 1. The third kappa shape index (κ3) is 3.85. The SMILES string of the molecule is COc1cccc([C@@H]2CCCN2C(=O)c2ccc(N3CCN(C)CC3)cc2)c1. The molecule has 2 aromatic rings. The molecule has 0 aromatic heterocycles. The standard InChI is InChI=1S/C23H29N3O2/c1-24-13-15-25(16-14-24)20-10-8-18(9-11-20)23(27)26-12-4-7-22(26)19-5-3-6-21(17-19)28-2/h3,5-6,8-11,17,22H,4,7,12-16H2,1-2H3/t22-/m0/s1. The number of hydrogen-bond acceptors (Lipinski definition) is 4. The van der Waals surface area contributed by atoms with Gasteiger partial charge in [-0.1, -0.05) is 12.1 Å². The van der Waals surface area contributed by atoms with E-state index >= 15 is 0 Å². The Morgan fingerprint density at radius 1 is 1.00 bits per heavy atom. The third-order valence-corrected chi connectivity index (χ3v) is 5.97. The van der Waals surface area contributed by atoms with E-state index in [1.807, 2.05) is 35.2 Å². The average molecular weight is 380 g/mol. The maximum absolute atomic E-state index is 13.2. The van der Waals surface area contributed by atoms with Gasteiger partial charge in [0.1, 0.15) is 5.75 Å². The Morgan fingerprint density at radius 2 is 1.75 bits per heavy atom. The number of nitrogens with zero attached hydrogens (tertiary/aromatic N) is 3. The van der Waals surface area contributed by atoms with E-state index in [0.29, 0.717) is 0 Å². The summed E-state index contributed by atoms with van der Waals surface area (Å²) >= 11 is 0. The molecule has 0 spiro atoms. The number of rotatable bonds is 4. The number of amides is 1. The Bertz CT molecular complexity index is 813. The molecule has 0 aliphatic carbocycles. The van der Waals surface area contributed by atoms with Gasteiger partial charge in [0.05, 0.1) is 13.2 Å². The summed E-state index contributed by atoms with van der Waals surface area (Å²) in [6.45, 7) is 5.04. The second-order valence-corrected chi connectivity index (χ2v) is 7.77. The molecule has 148 valence electrons. The fourth-order valence-electron chi connectivity index (χ4n) is 4.25. The van der Waals surface area contributed by atoms with Gasteiger partial charge in [-0.2, -0.15) is 0 Å². The number of hydrogen-bond donors (Lipinski definition) is 0. The number of ether oxygens (including phenoxy) is 1. The van der Waals surface area contributed by atoms with E-state index in [0.717, 1.165) is 62.4 Å². The highest BCUT2D eigenvalue weighted by atomic mass is 16.5. The molecule has 0 N–H and O–H groups in total. The van der Waals surface area contributed by atoms with Gasteiger partial charge in [-0.05, 0) is 61.9 Å². The third-order valence-electron chi connectivity index (χ3n) is 5.97. The van der Waals surface area contributed by atoms with Gasteiger partial charge in [-0.25, -0.2) is 0 Å². The molecule has 1 amide bonds. The predicted octanol–water partition coefficient (Wildman–Crippen LogP) is 3.42. The van der Waals surface area contributed by atoms with Crippen molar-refractivity contribution >= 4 is 11.6 Å². The van der Waals surface area contributed by atoms with Crippen LogP contribution in [0.4, 0.5) is 5.69 Å². The predicted molar refractivity (Wildman–Crippen MR) is 112 cm³/mol. The first-order chi connectivity index (χ1) is 13.7. The highest BCUT2D eigenvalue weighted by Crippen LogP contribution is 2.34. The molecular formula is C23H29N3O2. The van der Waals surface area contributed by atoms with Crippen molar-refractivity contribution in [2.24, 2.45) is 0 Å². The van der Waals surface area contributed by atoms with Crippen molar-refractivity contribution in [3.63, 3.8) is 0 Å². The number of benzene rings is 2. The first-order valence-corrected chi connectivity index (χ1v) is 10.1. The number of anilines is 1. The van der Waals surface area contributed by atoms with Crippen LogP contribution in [-0.2, 0) is 0 Å². The first-order valence-electron chi connectivity index (χ1n) is 10.1. The van der Waals surface area contributed by atoms with Crippen molar-refractivity contribution in [1.82, 2.24) is 9.80 Å². The van der Waals surface area contributed by atoms with E-state index in [2.05, 4.69) is 35.0 Å². The van der Waals surface area contributed by atoms with Crippen LogP contribution in [0.1, 0.15) is 34.8 Å². The van der Waals surface area contributed by atoms with Crippen molar-refractivity contribution in [2.45, 2.75) is 18.9 Å². The van der Waals surface area contributed by atoms with E-state index in [1.165, 1.54) is 5.69 Å². The number of methoxy groups -OCH3 is 1. The van der Waals surface area contributed by atoms with Gasteiger partial charge < -0.3 is 19.4 Å². The van der Waals surface area contributed by atoms with Crippen LogP contribution in [0.5, 0.6) is 5.75 Å². The topological polar surface area (TPSA) is 36.0 Å². The lowest BCUT2D eigenvalue weighted by molar-refractivity contribution is 0.0735. The Balaban J connectivity index is 1.48. The number of likely N-dealkylation sites (N-methyl/N-ethyl adjacent to an activating group) is 1. The maximum Gasteiger partial charge on any atom is 0.254 e. The van der Waals surface area contributed by atoms with Crippen LogP contribution in [0.3, 0.4) is 0 Å². The van der Waals surface area contributed by atoms with Gasteiger partial charge in [0.2, 0.25) is 0 Å². The normalized spacial score (nSPS) is 20.4. The minimum Gasteiger partial charge on any atom is -0.497 e. The van der Waals surface area contributed by atoms with Gasteiger partial charge in [0.15, 0.2) is 0 Å². The second kappa shape index (κ2) is 8.23. The monoisotopic (exact) mass is 379 g/mol. The Kier molecular flexibility index (Phi) is 5.53. The van der Waals surface area contributed by atoms with Gasteiger partial charge in [0.25, 0.3) is 5.91 Å². The van der Waals surface area contributed by atoms with Crippen LogP contribution in [0.25, 0.3) is 0 Å².